The fraction of sp³-hybridized carbons (Fsp3) is 0.200. The quantitative estimate of drug-likeness (QED) is 0.712. The van der Waals surface area contributed by atoms with Crippen LogP contribution in [-0.2, 0) is 9.63 Å². The van der Waals surface area contributed by atoms with Crippen molar-refractivity contribution < 1.29 is 19.5 Å². The monoisotopic (exact) mass is 209 g/mol. The summed E-state index contributed by atoms with van der Waals surface area (Å²) in [5.74, 6) is -0.976. The lowest BCUT2D eigenvalue weighted by molar-refractivity contribution is -0.148. The largest absolute Gasteiger partial charge is 0.508 e. The van der Waals surface area contributed by atoms with Gasteiger partial charge in [-0.3, -0.25) is 4.79 Å². The number of benzene rings is 1. The first-order valence-electron chi connectivity index (χ1n) is 4.42. The minimum absolute atomic E-state index is 0.0668. The summed E-state index contributed by atoms with van der Waals surface area (Å²) in [5.41, 5.74) is 2.30. The molecule has 1 amide bonds. The van der Waals surface area contributed by atoms with Crippen molar-refractivity contribution in [2.75, 3.05) is 0 Å². The lowest BCUT2D eigenvalue weighted by Crippen LogP contribution is -2.26. The second-order valence-electron chi connectivity index (χ2n) is 2.81. The van der Waals surface area contributed by atoms with E-state index in [1.807, 2.05) is 5.48 Å². The van der Waals surface area contributed by atoms with Crippen molar-refractivity contribution in [3.8, 4) is 5.75 Å². The van der Waals surface area contributed by atoms with Gasteiger partial charge in [0.05, 0.1) is 0 Å². The lowest BCUT2D eigenvalue weighted by atomic mass is 10.2. The van der Waals surface area contributed by atoms with Gasteiger partial charge in [-0.2, -0.15) is 5.48 Å². The number of amides is 1. The van der Waals surface area contributed by atoms with E-state index < -0.39 is 11.9 Å². The minimum atomic E-state index is -0.531. The first kappa shape index (κ1) is 11.0. The molecule has 80 valence electrons. The van der Waals surface area contributed by atoms with Gasteiger partial charge >= 0.3 is 5.97 Å². The highest BCUT2D eigenvalue weighted by atomic mass is 16.7. The maximum atomic E-state index is 11.3. The molecule has 0 aliphatic heterocycles. The van der Waals surface area contributed by atoms with Gasteiger partial charge in [-0.15, -0.1) is 0 Å². The van der Waals surface area contributed by atoms with E-state index in [2.05, 4.69) is 4.84 Å². The van der Waals surface area contributed by atoms with Crippen molar-refractivity contribution in [2.45, 2.75) is 13.3 Å². The maximum absolute atomic E-state index is 11.3. The number of phenols is 1. The fourth-order valence-electron chi connectivity index (χ4n) is 0.847. The molecule has 0 bridgehead atoms. The van der Waals surface area contributed by atoms with Gasteiger partial charge in [-0.25, -0.2) is 4.79 Å². The first-order valence-corrected chi connectivity index (χ1v) is 4.42. The van der Waals surface area contributed by atoms with Gasteiger partial charge in [0.1, 0.15) is 5.75 Å². The predicted octanol–water partition coefficient (Wildman–Crippen LogP) is 0.990. The Morgan fingerprint density at radius 1 is 1.33 bits per heavy atom. The molecule has 1 aromatic carbocycles. The van der Waals surface area contributed by atoms with Crippen LogP contribution in [0.1, 0.15) is 23.7 Å². The molecule has 15 heavy (non-hydrogen) atoms. The number of carbonyl (C=O) groups excluding carboxylic acids is 2. The smallest absolute Gasteiger partial charge is 0.331 e. The third-order valence-corrected chi connectivity index (χ3v) is 1.68. The third-order valence-electron chi connectivity index (χ3n) is 1.68. The van der Waals surface area contributed by atoms with Crippen molar-refractivity contribution in [3.63, 3.8) is 0 Å². The number of phenolic OH excluding ortho intramolecular Hbond substituents is 1. The molecule has 0 saturated carbocycles. The van der Waals surface area contributed by atoms with Crippen molar-refractivity contribution >= 4 is 11.9 Å². The Bertz CT molecular complexity index is 358. The Hall–Kier alpha value is -2.04. The van der Waals surface area contributed by atoms with Crippen LogP contribution in [0.2, 0.25) is 0 Å². The van der Waals surface area contributed by atoms with Crippen LogP contribution >= 0.6 is 0 Å². The Morgan fingerprint density at radius 2 is 1.93 bits per heavy atom. The summed E-state index contributed by atoms with van der Waals surface area (Å²) in [4.78, 5) is 26.5. The maximum Gasteiger partial charge on any atom is 0.331 e. The molecule has 0 radical (unpaired) electrons. The zero-order chi connectivity index (χ0) is 11.3. The number of rotatable bonds is 2. The minimum Gasteiger partial charge on any atom is -0.508 e. The average Bonchev–Trinajstić information content (AvgIpc) is 2.26. The first-order chi connectivity index (χ1) is 7.13. The van der Waals surface area contributed by atoms with E-state index in [4.69, 9.17) is 5.11 Å². The zero-order valence-corrected chi connectivity index (χ0v) is 8.19. The molecule has 0 spiro atoms. The second-order valence-corrected chi connectivity index (χ2v) is 2.81. The molecule has 0 aliphatic carbocycles. The van der Waals surface area contributed by atoms with E-state index in [9.17, 15) is 9.59 Å². The van der Waals surface area contributed by atoms with Crippen LogP contribution in [0.3, 0.4) is 0 Å². The number of carbonyl (C=O) groups is 2. The molecule has 0 heterocycles. The van der Waals surface area contributed by atoms with Gasteiger partial charge in [-0.05, 0) is 24.3 Å². The van der Waals surface area contributed by atoms with E-state index in [1.54, 1.807) is 6.92 Å². The summed E-state index contributed by atoms with van der Waals surface area (Å²) in [6.07, 6.45) is 0.190. The van der Waals surface area contributed by atoms with Crippen LogP contribution < -0.4 is 5.48 Å². The summed E-state index contributed by atoms with van der Waals surface area (Å²) >= 11 is 0. The Balaban J connectivity index is 2.54. The molecule has 5 heteroatoms. The van der Waals surface area contributed by atoms with Crippen molar-refractivity contribution in [1.29, 1.82) is 0 Å². The molecule has 1 rings (SSSR count). The number of hydrogen-bond donors (Lipinski definition) is 2. The lowest BCUT2D eigenvalue weighted by Gasteiger charge is -2.04. The van der Waals surface area contributed by atoms with Crippen molar-refractivity contribution in [3.05, 3.63) is 29.8 Å². The number of nitrogens with one attached hydrogen (secondary N) is 1. The summed E-state index contributed by atoms with van der Waals surface area (Å²) in [7, 11) is 0. The number of hydrogen-bond acceptors (Lipinski definition) is 4. The fourth-order valence-corrected chi connectivity index (χ4v) is 0.847. The van der Waals surface area contributed by atoms with Crippen molar-refractivity contribution in [1.82, 2.24) is 5.48 Å². The Kier molecular flexibility index (Phi) is 3.68. The molecule has 2 N–H and O–H groups in total. The van der Waals surface area contributed by atoms with Gasteiger partial charge in [-0.1, -0.05) is 6.92 Å². The molecule has 1 aromatic rings. The Labute approximate surface area is 86.6 Å². The molecule has 5 nitrogen and oxygen atoms in total. The van der Waals surface area contributed by atoms with Crippen LogP contribution in [0.5, 0.6) is 5.75 Å². The molecule has 0 atom stereocenters. The molecule has 0 unspecified atom stereocenters. The van der Waals surface area contributed by atoms with Crippen molar-refractivity contribution in [2.24, 2.45) is 0 Å². The van der Waals surface area contributed by atoms with Gasteiger partial charge in [0.2, 0.25) is 0 Å². The van der Waals surface area contributed by atoms with E-state index in [1.165, 1.54) is 24.3 Å². The van der Waals surface area contributed by atoms with Crippen LogP contribution in [0.4, 0.5) is 0 Å². The van der Waals surface area contributed by atoms with Gasteiger partial charge in [0, 0.05) is 12.0 Å². The van der Waals surface area contributed by atoms with Gasteiger partial charge in [0.25, 0.3) is 5.91 Å². The summed E-state index contributed by atoms with van der Waals surface area (Å²) in [6.45, 7) is 1.62. The summed E-state index contributed by atoms with van der Waals surface area (Å²) in [6, 6.07) is 5.59. The summed E-state index contributed by atoms with van der Waals surface area (Å²) in [5, 5.41) is 8.98. The van der Waals surface area contributed by atoms with Gasteiger partial charge < -0.3 is 9.94 Å². The SMILES string of the molecule is CCC(=O)ONC(=O)c1ccc(O)cc1. The van der Waals surface area contributed by atoms with Crippen LogP contribution in [-0.4, -0.2) is 17.0 Å². The molecular weight excluding hydrogens is 198 g/mol. The molecule has 0 saturated heterocycles. The highest BCUT2D eigenvalue weighted by Crippen LogP contribution is 2.09. The number of aromatic hydroxyl groups is 1. The van der Waals surface area contributed by atoms with Crippen LogP contribution in [0, 0.1) is 0 Å². The average molecular weight is 209 g/mol. The van der Waals surface area contributed by atoms with E-state index in [0.29, 0.717) is 5.56 Å². The second kappa shape index (κ2) is 4.99. The molecular formula is C10H11NO4. The highest BCUT2D eigenvalue weighted by Gasteiger charge is 2.07. The topological polar surface area (TPSA) is 75.6 Å². The molecule has 0 aromatic heterocycles. The molecule has 0 aliphatic rings. The van der Waals surface area contributed by atoms with Crippen LogP contribution in [0.25, 0.3) is 0 Å². The molecule has 0 fully saturated rings. The zero-order valence-electron chi connectivity index (χ0n) is 8.19. The standard InChI is InChI=1S/C10H11NO4/c1-2-9(13)15-11-10(14)7-3-5-8(12)6-4-7/h3-6,12H,2H2,1H3,(H,11,14). The predicted molar refractivity (Wildman–Crippen MR) is 52.0 cm³/mol. The highest BCUT2D eigenvalue weighted by molar-refractivity contribution is 5.94. The van der Waals surface area contributed by atoms with Gasteiger partial charge in [0.15, 0.2) is 0 Å². The Morgan fingerprint density at radius 3 is 2.47 bits per heavy atom. The van der Waals surface area contributed by atoms with Crippen LogP contribution in [0.15, 0.2) is 24.3 Å². The van der Waals surface area contributed by atoms with E-state index >= 15 is 0 Å². The van der Waals surface area contributed by atoms with E-state index in [-0.39, 0.29) is 12.2 Å². The number of hydroxylamine groups is 1. The summed E-state index contributed by atoms with van der Waals surface area (Å²) < 4.78 is 0. The normalized spacial score (nSPS) is 9.40. The van der Waals surface area contributed by atoms with E-state index in [0.717, 1.165) is 0 Å². The third kappa shape index (κ3) is 3.30.